The summed E-state index contributed by atoms with van der Waals surface area (Å²) < 4.78 is 25.1. The number of ether oxygens (including phenoxy) is 5. The molecule has 0 unspecified atom stereocenters. The molecule has 51 heavy (non-hydrogen) atoms. The van der Waals surface area contributed by atoms with Crippen LogP contribution in [0.1, 0.15) is 76.5 Å². The molecule has 14 nitrogen and oxygen atoms in total. The number of hydrogen-bond acceptors (Lipinski definition) is 12. The molecule has 2 aliphatic heterocycles. The van der Waals surface area contributed by atoms with Crippen molar-refractivity contribution >= 4 is 74.2 Å². The van der Waals surface area contributed by atoms with Gasteiger partial charge in [-0.15, -0.1) is 0 Å². The van der Waals surface area contributed by atoms with Gasteiger partial charge in [-0.25, -0.2) is 14.8 Å². The second-order valence-corrected chi connectivity index (χ2v) is 11.9. The van der Waals surface area contributed by atoms with E-state index in [2.05, 4.69) is 9.97 Å². The number of carbonyl (C=O) groups excluding carboxylic acids is 5. The van der Waals surface area contributed by atoms with Gasteiger partial charge in [-0.3, -0.25) is 19.2 Å². The molecular formula is C37H38N4O10. The highest BCUT2D eigenvalue weighted by molar-refractivity contribution is 6.05. The van der Waals surface area contributed by atoms with Crippen LogP contribution in [0, 0.1) is 6.92 Å². The molecule has 5 heterocycles. The monoisotopic (exact) mass is 698 g/mol. The number of nitrogens with one attached hydrogen (secondary N) is 2. The summed E-state index contributed by atoms with van der Waals surface area (Å²) in [5.74, 6) is -2.77. The average Bonchev–Trinajstić information content (AvgIpc) is 3.79. The van der Waals surface area contributed by atoms with Gasteiger partial charge in [0.15, 0.2) is 0 Å². The summed E-state index contributed by atoms with van der Waals surface area (Å²) in [6.07, 6.45) is -0.558. The summed E-state index contributed by atoms with van der Waals surface area (Å²) in [5.41, 5.74) is 7.73. The maximum Gasteiger partial charge on any atom is 0.340 e. The molecule has 266 valence electrons. The maximum atomic E-state index is 13.4. The van der Waals surface area contributed by atoms with Crippen molar-refractivity contribution in [2.45, 2.75) is 46.5 Å². The molecular weight excluding hydrogens is 660 g/mol. The fourth-order valence-electron chi connectivity index (χ4n) is 6.14. The minimum Gasteiger partial charge on any atom is -0.469 e. The lowest BCUT2D eigenvalue weighted by atomic mass is 10.00. The molecule has 0 saturated heterocycles. The van der Waals surface area contributed by atoms with Gasteiger partial charge in [0.25, 0.3) is 0 Å². The van der Waals surface area contributed by atoms with Crippen molar-refractivity contribution in [3.05, 3.63) is 69.3 Å². The Labute approximate surface area is 292 Å². The summed E-state index contributed by atoms with van der Waals surface area (Å²) >= 11 is 0. The number of H-pyrrole nitrogens is 2. The summed E-state index contributed by atoms with van der Waals surface area (Å²) in [6, 6.07) is 6.83. The van der Waals surface area contributed by atoms with Crippen molar-refractivity contribution < 1.29 is 47.7 Å². The van der Waals surface area contributed by atoms with Crippen molar-refractivity contribution in [2.24, 2.45) is 0 Å². The largest absolute Gasteiger partial charge is 0.469 e. The number of allylic oxidation sites excluding steroid dienone is 2. The average molecular weight is 699 g/mol. The smallest absolute Gasteiger partial charge is 0.340 e. The van der Waals surface area contributed by atoms with E-state index < -0.39 is 29.8 Å². The van der Waals surface area contributed by atoms with Crippen LogP contribution in [0.5, 0.6) is 0 Å². The van der Waals surface area contributed by atoms with Crippen LogP contribution >= 0.6 is 0 Å². The van der Waals surface area contributed by atoms with Gasteiger partial charge in [0.05, 0.1) is 95.1 Å². The third kappa shape index (κ3) is 7.16. The molecule has 5 rings (SSSR count). The van der Waals surface area contributed by atoms with E-state index in [1.807, 2.05) is 13.8 Å². The number of esters is 5. The number of rotatable bonds is 9. The van der Waals surface area contributed by atoms with E-state index in [0.29, 0.717) is 78.3 Å². The third-order valence-corrected chi connectivity index (χ3v) is 9.10. The Morgan fingerprint density at radius 3 is 1.47 bits per heavy atom. The van der Waals surface area contributed by atoms with Gasteiger partial charge >= 0.3 is 29.8 Å². The predicted octanol–water partition coefficient (Wildman–Crippen LogP) is 4.83. The number of aromatic nitrogens is 4. The second kappa shape index (κ2) is 14.8. The number of fused-ring (bicyclic) bond motifs is 8. The predicted molar refractivity (Wildman–Crippen MR) is 187 cm³/mol. The first-order valence-corrected chi connectivity index (χ1v) is 15.9. The van der Waals surface area contributed by atoms with Crippen molar-refractivity contribution in [3.63, 3.8) is 0 Å². The Morgan fingerprint density at radius 2 is 0.941 bits per heavy atom. The standard InChI is InChI=1S/C37H38N4O10/c1-17-20(9-32(42)47-4)27-14-25-19(3)22(11-34(44)49-6)29(40-25)16-31-36(37(46)51-8)23(12-35(45)50-7)30(41-31)15-26-18(2)21(10-33(43)48-5)28(39-26)13-24(17)38-27/h13-16,39,41H,9-12H2,1-8H3. The molecule has 2 aliphatic rings. The molecule has 0 radical (unpaired) electrons. The number of hydrogen-bond donors (Lipinski definition) is 2. The Balaban J connectivity index is 2.02. The van der Waals surface area contributed by atoms with Crippen molar-refractivity contribution in [1.29, 1.82) is 0 Å². The van der Waals surface area contributed by atoms with Gasteiger partial charge in [0.1, 0.15) is 0 Å². The van der Waals surface area contributed by atoms with Crippen LogP contribution in [-0.2, 0) is 55.7 Å². The third-order valence-electron chi connectivity index (χ3n) is 9.10. The lowest BCUT2D eigenvalue weighted by Gasteiger charge is -2.05. The summed E-state index contributed by atoms with van der Waals surface area (Å²) in [5, 5.41) is 0. The first-order chi connectivity index (χ1) is 24.3. The molecule has 0 fully saturated rings. The lowest BCUT2D eigenvalue weighted by Crippen LogP contribution is -2.09. The minimum absolute atomic E-state index is 0.0670. The highest BCUT2D eigenvalue weighted by atomic mass is 16.5. The molecule has 8 bridgehead atoms. The Hall–Kier alpha value is -6.05. The fourth-order valence-corrected chi connectivity index (χ4v) is 6.14. The number of aromatic amines is 2. The minimum atomic E-state index is -0.724. The van der Waals surface area contributed by atoms with Gasteiger partial charge in [-0.1, -0.05) is 0 Å². The maximum absolute atomic E-state index is 13.4. The van der Waals surface area contributed by atoms with Crippen molar-refractivity contribution in [1.82, 2.24) is 19.9 Å². The number of methoxy groups -OCH3 is 5. The second-order valence-electron chi connectivity index (χ2n) is 11.9. The molecule has 3 aromatic heterocycles. The van der Waals surface area contributed by atoms with Gasteiger partial charge < -0.3 is 33.7 Å². The number of nitrogens with zero attached hydrogens (tertiary/aromatic N) is 2. The summed E-state index contributed by atoms with van der Waals surface area (Å²) in [6.45, 7) is 5.46. The van der Waals surface area contributed by atoms with Crippen molar-refractivity contribution in [2.75, 3.05) is 35.5 Å². The summed E-state index contributed by atoms with van der Waals surface area (Å²) in [4.78, 5) is 80.3. The topological polar surface area (TPSA) is 189 Å². The zero-order valence-corrected chi connectivity index (χ0v) is 29.6. The SMILES string of the molecule is COC(=O)CC1=C(C)c2cc3[nH]c(cc4[nH]c(cc5nc(cc1n2)C(C)=C5CC(=O)OC)c(C(=O)OC)c4CC(=O)OC)c(C)c3CC(=O)OC. The van der Waals surface area contributed by atoms with E-state index in [4.69, 9.17) is 33.7 Å². The van der Waals surface area contributed by atoms with E-state index >= 15 is 0 Å². The van der Waals surface area contributed by atoms with E-state index in [1.165, 1.54) is 35.5 Å². The van der Waals surface area contributed by atoms with Gasteiger partial charge in [-0.2, -0.15) is 0 Å². The van der Waals surface area contributed by atoms with Gasteiger partial charge in [0, 0.05) is 22.1 Å². The molecule has 2 N–H and O–H groups in total. The van der Waals surface area contributed by atoms with E-state index in [1.54, 1.807) is 31.2 Å². The zero-order valence-electron chi connectivity index (χ0n) is 29.6. The Bertz CT molecular complexity index is 2220. The molecule has 0 spiro atoms. The van der Waals surface area contributed by atoms with Crippen molar-refractivity contribution in [3.8, 4) is 0 Å². The van der Waals surface area contributed by atoms with Crippen LogP contribution in [0.4, 0.5) is 0 Å². The highest BCUT2D eigenvalue weighted by Crippen LogP contribution is 2.37. The van der Waals surface area contributed by atoms with Crippen LogP contribution in [0.25, 0.3) is 44.4 Å². The highest BCUT2D eigenvalue weighted by Gasteiger charge is 2.27. The van der Waals surface area contributed by atoms with Crippen LogP contribution in [0.15, 0.2) is 24.3 Å². The first-order valence-electron chi connectivity index (χ1n) is 15.9. The molecule has 0 aliphatic carbocycles. The van der Waals surface area contributed by atoms with Crippen LogP contribution < -0.4 is 0 Å². The molecule has 14 heteroatoms. The number of carbonyl (C=O) groups is 5. The molecule has 3 aromatic rings. The van der Waals surface area contributed by atoms with Gasteiger partial charge in [-0.05, 0) is 78.5 Å². The van der Waals surface area contributed by atoms with E-state index in [-0.39, 0.29) is 36.8 Å². The molecule has 0 saturated carbocycles. The van der Waals surface area contributed by atoms with E-state index in [0.717, 1.165) is 0 Å². The quantitative estimate of drug-likeness (QED) is 0.229. The zero-order chi connectivity index (χ0) is 37.1. The normalized spacial score (nSPS) is 12.5. The fraction of sp³-hybridized carbons (Fsp3) is 0.324. The summed E-state index contributed by atoms with van der Waals surface area (Å²) in [7, 11) is 6.37. The van der Waals surface area contributed by atoms with Crippen LogP contribution in [-0.4, -0.2) is 85.3 Å². The first kappa shape index (κ1) is 36.2. The Kier molecular flexibility index (Phi) is 10.5. The van der Waals surface area contributed by atoms with Crippen LogP contribution in [0.3, 0.4) is 0 Å². The molecule has 0 atom stereocenters. The van der Waals surface area contributed by atoms with Crippen LogP contribution in [0.2, 0.25) is 0 Å². The molecule has 0 aromatic carbocycles. The number of aryl methyl sites for hydroxylation is 1. The van der Waals surface area contributed by atoms with Gasteiger partial charge in [0.2, 0.25) is 0 Å². The lowest BCUT2D eigenvalue weighted by molar-refractivity contribution is -0.140. The molecule has 0 amide bonds. The Morgan fingerprint density at radius 1 is 0.510 bits per heavy atom. The van der Waals surface area contributed by atoms with E-state index in [9.17, 15) is 24.0 Å².